The first-order valence-electron chi connectivity index (χ1n) is 5.39. The molecule has 1 heterocycles. The van der Waals surface area contributed by atoms with Crippen molar-refractivity contribution in [1.29, 1.82) is 0 Å². The maximum atomic E-state index is 8.78. The van der Waals surface area contributed by atoms with E-state index in [-0.39, 0.29) is 6.61 Å². The second kappa shape index (κ2) is 4.53. The van der Waals surface area contributed by atoms with E-state index in [9.17, 15) is 0 Å². The van der Waals surface area contributed by atoms with Crippen LogP contribution in [0.4, 0.5) is 5.69 Å². The van der Waals surface area contributed by atoms with Gasteiger partial charge in [-0.05, 0) is 30.5 Å². The molecule has 1 aromatic carbocycles. The van der Waals surface area contributed by atoms with Crippen molar-refractivity contribution in [3.63, 3.8) is 0 Å². The molecule has 0 radical (unpaired) electrons. The molecule has 1 aliphatic rings. The van der Waals surface area contributed by atoms with E-state index in [0.29, 0.717) is 0 Å². The lowest BCUT2D eigenvalue weighted by atomic mass is 10.1. The predicted octanol–water partition coefficient (Wildman–Crippen LogP) is 1.44. The highest BCUT2D eigenvalue weighted by Gasteiger charge is 2.14. The maximum absolute atomic E-state index is 8.78. The molecule has 0 bridgehead atoms. The zero-order valence-corrected chi connectivity index (χ0v) is 9.07. The van der Waals surface area contributed by atoms with E-state index in [0.717, 1.165) is 37.4 Å². The van der Waals surface area contributed by atoms with Gasteiger partial charge in [0.25, 0.3) is 0 Å². The average Bonchev–Trinajstić information content (AvgIpc) is 2.27. The maximum Gasteiger partial charge on any atom is 0.142 e. The smallest absolute Gasteiger partial charge is 0.142 e. The van der Waals surface area contributed by atoms with Crippen LogP contribution in [0.3, 0.4) is 0 Å². The zero-order chi connectivity index (χ0) is 10.7. The summed E-state index contributed by atoms with van der Waals surface area (Å²) in [5.74, 6) is 0.969. The summed E-state index contributed by atoms with van der Waals surface area (Å²) in [5, 5.41) is 8.78. The van der Waals surface area contributed by atoms with Crippen LogP contribution in [0.2, 0.25) is 0 Å². The Labute approximate surface area is 90.3 Å². The van der Waals surface area contributed by atoms with Crippen molar-refractivity contribution in [2.45, 2.75) is 12.8 Å². The molecular formula is C12H17NO2. The Morgan fingerprint density at radius 2 is 2.33 bits per heavy atom. The van der Waals surface area contributed by atoms with Gasteiger partial charge in [0.15, 0.2) is 0 Å². The van der Waals surface area contributed by atoms with E-state index in [1.54, 1.807) is 0 Å². The predicted molar refractivity (Wildman–Crippen MR) is 60.6 cm³/mol. The van der Waals surface area contributed by atoms with Crippen LogP contribution < -0.4 is 9.64 Å². The van der Waals surface area contributed by atoms with Crippen molar-refractivity contribution >= 4 is 5.69 Å². The highest BCUT2D eigenvalue weighted by atomic mass is 16.5. The summed E-state index contributed by atoms with van der Waals surface area (Å²) in [4.78, 5) is 2.21. The Morgan fingerprint density at radius 1 is 1.47 bits per heavy atom. The lowest BCUT2D eigenvalue weighted by molar-refractivity contribution is 0.288. The van der Waals surface area contributed by atoms with Gasteiger partial charge in [-0.15, -0.1) is 0 Å². The van der Waals surface area contributed by atoms with E-state index in [1.807, 2.05) is 6.07 Å². The molecule has 1 aromatic rings. The van der Waals surface area contributed by atoms with Crippen molar-refractivity contribution in [3.05, 3.63) is 23.8 Å². The minimum absolute atomic E-state index is 0.253. The average molecular weight is 207 g/mol. The first-order chi connectivity index (χ1) is 7.31. The van der Waals surface area contributed by atoms with Crippen molar-refractivity contribution in [2.75, 3.05) is 31.7 Å². The third-order valence-corrected chi connectivity index (χ3v) is 2.74. The van der Waals surface area contributed by atoms with Crippen molar-refractivity contribution in [3.8, 4) is 5.75 Å². The van der Waals surface area contributed by atoms with Crippen molar-refractivity contribution < 1.29 is 9.84 Å². The fourth-order valence-electron chi connectivity index (χ4n) is 1.83. The molecule has 0 spiro atoms. The van der Waals surface area contributed by atoms with Crippen LogP contribution in [0.1, 0.15) is 12.0 Å². The van der Waals surface area contributed by atoms with Gasteiger partial charge in [-0.2, -0.15) is 0 Å². The van der Waals surface area contributed by atoms with Gasteiger partial charge in [0.1, 0.15) is 12.4 Å². The van der Waals surface area contributed by atoms with Crippen LogP contribution in [-0.2, 0) is 6.42 Å². The molecule has 2 rings (SSSR count). The van der Waals surface area contributed by atoms with Gasteiger partial charge in [0, 0.05) is 13.7 Å². The summed E-state index contributed by atoms with van der Waals surface area (Å²) in [5.41, 5.74) is 2.43. The molecule has 0 saturated carbocycles. The van der Waals surface area contributed by atoms with Gasteiger partial charge in [-0.3, -0.25) is 0 Å². The monoisotopic (exact) mass is 207 g/mol. The Bertz CT molecular complexity index is 338. The number of fused-ring (bicyclic) bond motifs is 1. The molecule has 3 nitrogen and oxygen atoms in total. The highest BCUT2D eigenvalue weighted by Crippen LogP contribution is 2.31. The molecule has 0 aromatic heterocycles. The fraction of sp³-hybridized carbons (Fsp3) is 0.500. The molecule has 82 valence electrons. The molecule has 15 heavy (non-hydrogen) atoms. The van der Waals surface area contributed by atoms with Crippen molar-refractivity contribution in [2.24, 2.45) is 0 Å². The Kier molecular flexibility index (Phi) is 3.11. The van der Waals surface area contributed by atoms with Gasteiger partial charge >= 0.3 is 0 Å². The summed E-state index contributed by atoms with van der Waals surface area (Å²) in [6, 6.07) is 6.26. The first-order valence-corrected chi connectivity index (χ1v) is 5.39. The number of nitrogens with zero attached hydrogens (tertiary/aromatic N) is 1. The van der Waals surface area contributed by atoms with Crippen LogP contribution in [-0.4, -0.2) is 31.9 Å². The van der Waals surface area contributed by atoms with Gasteiger partial charge < -0.3 is 14.7 Å². The van der Waals surface area contributed by atoms with E-state index in [2.05, 4.69) is 24.1 Å². The number of anilines is 1. The van der Waals surface area contributed by atoms with E-state index >= 15 is 0 Å². The number of hydrogen-bond acceptors (Lipinski definition) is 3. The summed E-state index contributed by atoms with van der Waals surface area (Å²) in [7, 11) is 2.08. The SMILES string of the molecule is CN1CCOc2ccc(CCCO)cc21. The molecule has 0 amide bonds. The number of aliphatic hydroxyl groups excluding tert-OH is 1. The molecule has 0 unspecified atom stereocenters. The largest absolute Gasteiger partial charge is 0.490 e. The van der Waals surface area contributed by atoms with E-state index < -0.39 is 0 Å². The molecule has 3 heteroatoms. The summed E-state index contributed by atoms with van der Waals surface area (Å²) < 4.78 is 5.56. The minimum Gasteiger partial charge on any atom is -0.490 e. The third-order valence-electron chi connectivity index (χ3n) is 2.74. The fourth-order valence-corrected chi connectivity index (χ4v) is 1.83. The first kappa shape index (κ1) is 10.3. The second-order valence-corrected chi connectivity index (χ2v) is 3.90. The normalized spacial score (nSPS) is 14.7. The lowest BCUT2D eigenvalue weighted by Gasteiger charge is -2.28. The van der Waals surface area contributed by atoms with Gasteiger partial charge in [-0.25, -0.2) is 0 Å². The number of ether oxygens (including phenoxy) is 1. The standard InChI is InChI=1S/C12H17NO2/c1-13-6-8-15-12-5-4-10(3-2-7-14)9-11(12)13/h4-5,9,14H,2-3,6-8H2,1H3. The van der Waals surface area contributed by atoms with Crippen LogP contribution >= 0.6 is 0 Å². The third kappa shape index (κ3) is 2.23. The van der Waals surface area contributed by atoms with Crippen LogP contribution in [0, 0.1) is 0 Å². The summed E-state index contributed by atoms with van der Waals surface area (Å²) in [6.07, 6.45) is 1.75. The number of likely N-dealkylation sites (N-methyl/N-ethyl adjacent to an activating group) is 1. The van der Waals surface area contributed by atoms with Gasteiger partial charge in [0.2, 0.25) is 0 Å². The Balaban J connectivity index is 2.19. The highest BCUT2D eigenvalue weighted by molar-refractivity contribution is 5.60. The number of aliphatic hydroxyl groups is 1. The Hall–Kier alpha value is -1.22. The number of rotatable bonds is 3. The summed E-state index contributed by atoms with van der Waals surface area (Å²) in [6.45, 7) is 1.96. The van der Waals surface area contributed by atoms with Gasteiger partial charge in [-0.1, -0.05) is 6.07 Å². The van der Waals surface area contributed by atoms with Gasteiger partial charge in [0.05, 0.1) is 12.2 Å². The second-order valence-electron chi connectivity index (χ2n) is 3.90. The molecule has 1 N–H and O–H groups in total. The topological polar surface area (TPSA) is 32.7 Å². The lowest BCUT2D eigenvalue weighted by Crippen LogP contribution is -2.28. The molecule has 0 aliphatic carbocycles. The number of hydrogen-bond donors (Lipinski definition) is 1. The molecule has 0 atom stereocenters. The quantitative estimate of drug-likeness (QED) is 0.814. The molecule has 0 saturated heterocycles. The zero-order valence-electron chi connectivity index (χ0n) is 9.07. The summed E-state index contributed by atoms with van der Waals surface area (Å²) >= 11 is 0. The van der Waals surface area contributed by atoms with Crippen LogP contribution in [0.5, 0.6) is 5.75 Å². The molecule has 1 aliphatic heterocycles. The van der Waals surface area contributed by atoms with E-state index in [1.165, 1.54) is 5.56 Å². The van der Waals surface area contributed by atoms with E-state index in [4.69, 9.17) is 9.84 Å². The van der Waals surface area contributed by atoms with Crippen LogP contribution in [0.15, 0.2) is 18.2 Å². The van der Waals surface area contributed by atoms with Crippen molar-refractivity contribution in [1.82, 2.24) is 0 Å². The number of aryl methyl sites for hydroxylation is 1. The molecular weight excluding hydrogens is 190 g/mol. The molecule has 0 fully saturated rings. The van der Waals surface area contributed by atoms with Crippen LogP contribution in [0.25, 0.3) is 0 Å². The number of benzene rings is 1. The Morgan fingerprint density at radius 3 is 3.13 bits per heavy atom. The minimum atomic E-state index is 0.253.